The van der Waals surface area contributed by atoms with E-state index < -0.39 is 6.04 Å². The Labute approximate surface area is 170 Å². The summed E-state index contributed by atoms with van der Waals surface area (Å²) in [6.07, 6.45) is 0. The number of carbonyl (C=O) groups excluding carboxylic acids is 2. The van der Waals surface area contributed by atoms with Gasteiger partial charge in [0.05, 0.1) is 0 Å². The second kappa shape index (κ2) is 8.19. The zero-order chi connectivity index (χ0) is 20.2. The van der Waals surface area contributed by atoms with Gasteiger partial charge in [-0.2, -0.15) is 0 Å². The second-order valence-corrected chi connectivity index (χ2v) is 7.07. The number of hydrogen-bond acceptors (Lipinski definition) is 2. The van der Waals surface area contributed by atoms with Crippen LogP contribution in [0, 0.1) is 0 Å². The summed E-state index contributed by atoms with van der Waals surface area (Å²) < 4.78 is 0. The van der Waals surface area contributed by atoms with Crippen LogP contribution in [0.2, 0.25) is 0 Å². The van der Waals surface area contributed by atoms with Crippen molar-refractivity contribution in [2.24, 2.45) is 0 Å². The van der Waals surface area contributed by atoms with Crippen molar-refractivity contribution in [3.63, 3.8) is 0 Å². The summed E-state index contributed by atoms with van der Waals surface area (Å²) in [4.78, 5) is 28.9. The molecule has 0 bridgehead atoms. The van der Waals surface area contributed by atoms with E-state index in [0.29, 0.717) is 13.1 Å². The first-order valence-corrected chi connectivity index (χ1v) is 9.73. The van der Waals surface area contributed by atoms with Crippen LogP contribution in [-0.4, -0.2) is 36.0 Å². The third kappa shape index (κ3) is 3.99. The van der Waals surface area contributed by atoms with Gasteiger partial charge in [0.2, 0.25) is 5.91 Å². The smallest absolute Gasteiger partial charge is 0.311 e. The number of amides is 3. The second-order valence-electron chi connectivity index (χ2n) is 7.07. The molecule has 29 heavy (non-hydrogen) atoms. The van der Waals surface area contributed by atoms with Crippen molar-refractivity contribution in [3.8, 4) is 11.1 Å². The van der Waals surface area contributed by atoms with E-state index >= 15 is 0 Å². The number of nitrogens with zero attached hydrogens (tertiary/aromatic N) is 2. The summed E-state index contributed by atoms with van der Waals surface area (Å²) in [6.45, 7) is 2.72. The maximum atomic E-state index is 13.0. The van der Waals surface area contributed by atoms with Crippen LogP contribution >= 0.6 is 0 Å². The summed E-state index contributed by atoms with van der Waals surface area (Å²) in [5, 5.41) is 2.86. The van der Waals surface area contributed by atoms with Crippen LogP contribution in [0.1, 0.15) is 6.92 Å². The number of nitrogens with one attached hydrogen (secondary N) is 1. The quantitative estimate of drug-likeness (QED) is 0.715. The largest absolute Gasteiger partial charge is 0.322 e. The SMILES string of the molecule is C[C@@H]1C(=O)N(c2ccc(-c3ccccc3)cc2)CCN1C(=O)Nc1ccccc1. The number of carbonyl (C=O) groups is 2. The molecule has 146 valence electrons. The van der Waals surface area contributed by atoms with E-state index in [1.165, 1.54) is 0 Å². The molecule has 0 unspecified atom stereocenters. The zero-order valence-electron chi connectivity index (χ0n) is 16.3. The maximum Gasteiger partial charge on any atom is 0.322 e. The molecular weight excluding hydrogens is 362 g/mol. The fourth-order valence-electron chi connectivity index (χ4n) is 3.59. The molecule has 1 saturated heterocycles. The van der Waals surface area contributed by atoms with Gasteiger partial charge in [-0.3, -0.25) is 4.79 Å². The minimum absolute atomic E-state index is 0.0769. The Bertz CT molecular complexity index is 988. The van der Waals surface area contributed by atoms with Crippen molar-refractivity contribution >= 4 is 23.3 Å². The first-order chi connectivity index (χ1) is 14.1. The highest BCUT2D eigenvalue weighted by Crippen LogP contribution is 2.25. The molecule has 0 aromatic heterocycles. The van der Waals surface area contributed by atoms with Crippen LogP contribution in [0.4, 0.5) is 16.2 Å². The Hall–Kier alpha value is -3.60. The van der Waals surface area contributed by atoms with Crippen molar-refractivity contribution in [3.05, 3.63) is 84.9 Å². The molecule has 3 amide bonds. The monoisotopic (exact) mass is 385 g/mol. The highest BCUT2D eigenvalue weighted by Gasteiger charge is 2.35. The first-order valence-electron chi connectivity index (χ1n) is 9.73. The van der Waals surface area contributed by atoms with Gasteiger partial charge in [-0.05, 0) is 42.3 Å². The van der Waals surface area contributed by atoms with E-state index in [1.807, 2.05) is 72.8 Å². The minimum atomic E-state index is -0.527. The molecular formula is C24H23N3O2. The van der Waals surface area contributed by atoms with Gasteiger partial charge in [0.25, 0.3) is 0 Å². The number of rotatable bonds is 3. The molecule has 5 heteroatoms. The molecule has 1 fully saturated rings. The highest BCUT2D eigenvalue weighted by atomic mass is 16.2. The van der Waals surface area contributed by atoms with E-state index in [9.17, 15) is 9.59 Å². The standard InChI is InChI=1S/C24H23N3O2/c1-18-23(28)27(17-16-26(18)24(29)25-21-10-6-3-7-11-21)22-14-12-20(13-15-22)19-8-4-2-5-9-19/h2-15,18H,16-17H2,1H3,(H,25,29)/t18-/m1/s1. The lowest BCUT2D eigenvalue weighted by molar-refractivity contribution is -0.123. The van der Waals surface area contributed by atoms with Gasteiger partial charge in [-0.1, -0.05) is 60.7 Å². The molecule has 1 heterocycles. The van der Waals surface area contributed by atoms with E-state index in [-0.39, 0.29) is 11.9 Å². The average Bonchev–Trinajstić information content (AvgIpc) is 2.77. The third-order valence-corrected chi connectivity index (χ3v) is 5.23. The van der Waals surface area contributed by atoms with E-state index in [4.69, 9.17) is 0 Å². The van der Waals surface area contributed by atoms with Crippen molar-refractivity contribution in [1.82, 2.24) is 4.90 Å². The van der Waals surface area contributed by atoms with Crippen LogP contribution < -0.4 is 10.2 Å². The Kier molecular flexibility index (Phi) is 5.29. The number of anilines is 2. The van der Waals surface area contributed by atoms with Crippen molar-refractivity contribution < 1.29 is 9.59 Å². The van der Waals surface area contributed by atoms with Crippen LogP contribution in [0.15, 0.2) is 84.9 Å². The van der Waals surface area contributed by atoms with E-state index in [2.05, 4.69) is 17.4 Å². The predicted octanol–water partition coefficient (Wildman–Crippen LogP) is 4.62. The predicted molar refractivity (Wildman–Crippen MR) is 116 cm³/mol. The molecule has 1 atom stereocenters. The zero-order valence-corrected chi connectivity index (χ0v) is 16.3. The molecule has 1 N–H and O–H groups in total. The third-order valence-electron chi connectivity index (χ3n) is 5.23. The lowest BCUT2D eigenvalue weighted by Crippen LogP contribution is -2.58. The number of benzene rings is 3. The fraction of sp³-hybridized carbons (Fsp3) is 0.167. The maximum absolute atomic E-state index is 13.0. The Morgan fingerprint density at radius 1 is 0.828 bits per heavy atom. The minimum Gasteiger partial charge on any atom is -0.311 e. The lowest BCUT2D eigenvalue weighted by atomic mass is 10.0. The van der Waals surface area contributed by atoms with Crippen molar-refractivity contribution in [2.75, 3.05) is 23.3 Å². The van der Waals surface area contributed by atoms with Crippen LogP contribution in [0.25, 0.3) is 11.1 Å². The van der Waals surface area contributed by atoms with Gasteiger partial charge in [-0.25, -0.2) is 4.79 Å². The Balaban J connectivity index is 1.45. The van der Waals surface area contributed by atoms with Gasteiger partial charge >= 0.3 is 6.03 Å². The van der Waals surface area contributed by atoms with Gasteiger partial charge in [0.15, 0.2) is 0 Å². The molecule has 0 saturated carbocycles. The molecule has 0 aliphatic carbocycles. The van der Waals surface area contributed by atoms with Crippen molar-refractivity contribution in [1.29, 1.82) is 0 Å². The average molecular weight is 385 g/mol. The highest BCUT2D eigenvalue weighted by molar-refractivity contribution is 6.02. The molecule has 1 aliphatic heterocycles. The molecule has 1 aliphatic rings. The van der Waals surface area contributed by atoms with Crippen molar-refractivity contribution in [2.45, 2.75) is 13.0 Å². The number of urea groups is 1. The molecule has 3 aromatic carbocycles. The number of piperazine rings is 1. The summed E-state index contributed by atoms with van der Waals surface area (Å²) in [5.41, 5.74) is 3.82. The molecule has 0 spiro atoms. The normalized spacial score (nSPS) is 16.6. The van der Waals surface area contributed by atoms with E-state index in [0.717, 1.165) is 22.5 Å². The lowest BCUT2D eigenvalue weighted by Gasteiger charge is -2.39. The Morgan fingerprint density at radius 2 is 1.41 bits per heavy atom. The fourth-order valence-corrected chi connectivity index (χ4v) is 3.59. The van der Waals surface area contributed by atoms with E-state index in [1.54, 1.807) is 16.7 Å². The number of para-hydroxylation sites is 1. The Morgan fingerprint density at radius 3 is 2.07 bits per heavy atom. The van der Waals surface area contributed by atoms with Gasteiger partial charge in [0.1, 0.15) is 6.04 Å². The summed E-state index contributed by atoms with van der Waals surface area (Å²) >= 11 is 0. The van der Waals surface area contributed by atoms with Crippen LogP contribution in [0.5, 0.6) is 0 Å². The van der Waals surface area contributed by atoms with Gasteiger partial charge in [0, 0.05) is 24.5 Å². The number of hydrogen-bond donors (Lipinski definition) is 1. The summed E-state index contributed by atoms with van der Waals surface area (Å²) in [6, 6.07) is 26.6. The van der Waals surface area contributed by atoms with Gasteiger partial charge < -0.3 is 15.1 Å². The van der Waals surface area contributed by atoms with Crippen LogP contribution in [0.3, 0.4) is 0 Å². The molecule has 4 rings (SSSR count). The summed E-state index contributed by atoms with van der Waals surface area (Å²) in [7, 11) is 0. The molecule has 0 radical (unpaired) electrons. The summed E-state index contributed by atoms with van der Waals surface area (Å²) in [5.74, 6) is -0.0769. The molecule has 3 aromatic rings. The van der Waals surface area contributed by atoms with Crippen LogP contribution in [-0.2, 0) is 4.79 Å². The topological polar surface area (TPSA) is 52.7 Å². The van der Waals surface area contributed by atoms with Gasteiger partial charge in [-0.15, -0.1) is 0 Å². The molecule has 5 nitrogen and oxygen atoms in total. The first kappa shape index (κ1) is 18.7.